The number of carboxylic acids is 1. The minimum absolute atomic E-state index is 0.0674. The van der Waals surface area contributed by atoms with E-state index in [1.807, 2.05) is 6.92 Å². The summed E-state index contributed by atoms with van der Waals surface area (Å²) in [5, 5.41) is 13.8. The van der Waals surface area contributed by atoms with Gasteiger partial charge in [-0.05, 0) is 24.9 Å². The summed E-state index contributed by atoms with van der Waals surface area (Å²) in [6, 6.07) is 0. The van der Waals surface area contributed by atoms with Gasteiger partial charge in [0.2, 0.25) is 0 Å². The van der Waals surface area contributed by atoms with Gasteiger partial charge in [0.25, 0.3) is 5.91 Å². The third-order valence-corrected chi connectivity index (χ3v) is 4.15. The second kappa shape index (κ2) is 5.65. The highest BCUT2D eigenvalue weighted by Crippen LogP contribution is 2.29. The van der Waals surface area contributed by atoms with Crippen molar-refractivity contribution in [1.82, 2.24) is 14.2 Å². The van der Waals surface area contributed by atoms with Crippen molar-refractivity contribution in [2.45, 2.75) is 20.3 Å². The molecule has 0 atom stereocenters. The first-order valence-corrected chi connectivity index (χ1v) is 7.14. The van der Waals surface area contributed by atoms with Gasteiger partial charge in [-0.25, -0.2) is 4.79 Å². The number of hydrogen-bond acceptors (Lipinski definition) is 5. The molecule has 112 valence electrons. The average Bonchev–Trinajstić information content (AvgIpc) is 2.99. The van der Waals surface area contributed by atoms with Gasteiger partial charge in [-0.1, -0.05) is 6.92 Å². The first kappa shape index (κ1) is 15.2. The maximum atomic E-state index is 12.6. The van der Waals surface area contributed by atoms with E-state index in [0.717, 1.165) is 11.5 Å². The van der Waals surface area contributed by atoms with Crippen LogP contribution in [-0.2, 0) is 13.5 Å². The summed E-state index contributed by atoms with van der Waals surface area (Å²) >= 11 is 1.00. The largest absolute Gasteiger partial charge is 0.478 e. The third-order valence-electron chi connectivity index (χ3n) is 3.14. The van der Waals surface area contributed by atoms with E-state index in [9.17, 15) is 14.7 Å². The van der Waals surface area contributed by atoms with Gasteiger partial charge >= 0.3 is 5.97 Å². The van der Waals surface area contributed by atoms with Crippen LogP contribution in [0.2, 0.25) is 0 Å². The van der Waals surface area contributed by atoms with Gasteiger partial charge in [0.15, 0.2) is 0 Å². The number of aromatic nitrogens is 3. The fourth-order valence-electron chi connectivity index (χ4n) is 2.08. The highest BCUT2D eigenvalue weighted by atomic mass is 32.1. The predicted octanol–water partition coefficient (Wildman–Crippen LogP) is 1.72. The minimum Gasteiger partial charge on any atom is -0.478 e. The highest BCUT2D eigenvalue weighted by molar-refractivity contribution is 7.11. The van der Waals surface area contributed by atoms with Gasteiger partial charge in [0, 0.05) is 20.3 Å². The Bertz CT molecular complexity index is 704. The van der Waals surface area contributed by atoms with Crippen molar-refractivity contribution in [3.63, 3.8) is 0 Å². The summed E-state index contributed by atoms with van der Waals surface area (Å²) in [7, 11) is 3.30. The second-order valence-corrected chi connectivity index (χ2v) is 5.39. The number of nitrogens with zero attached hydrogens (tertiary/aromatic N) is 4. The van der Waals surface area contributed by atoms with Crippen LogP contribution in [0, 0.1) is 6.92 Å². The van der Waals surface area contributed by atoms with Crippen LogP contribution in [0.4, 0.5) is 5.00 Å². The number of aryl methyl sites for hydroxylation is 3. The van der Waals surface area contributed by atoms with Crippen LogP contribution >= 0.6 is 11.5 Å². The maximum Gasteiger partial charge on any atom is 0.340 e. The van der Waals surface area contributed by atoms with Gasteiger partial charge < -0.3 is 10.0 Å². The van der Waals surface area contributed by atoms with Gasteiger partial charge in [-0.15, -0.1) is 0 Å². The molecule has 0 aromatic carbocycles. The first-order chi connectivity index (χ1) is 9.86. The molecule has 7 nitrogen and oxygen atoms in total. The topological polar surface area (TPSA) is 88.3 Å². The fourth-order valence-corrected chi connectivity index (χ4v) is 2.93. The molecule has 2 rings (SSSR count). The number of hydrogen-bond donors (Lipinski definition) is 1. The minimum atomic E-state index is -1.09. The van der Waals surface area contributed by atoms with Crippen LogP contribution in [0.25, 0.3) is 0 Å². The summed E-state index contributed by atoms with van der Waals surface area (Å²) in [5.74, 6) is -1.37. The lowest BCUT2D eigenvalue weighted by Crippen LogP contribution is -2.27. The van der Waals surface area contributed by atoms with Gasteiger partial charge in [-0.2, -0.15) is 9.47 Å². The Morgan fingerprint density at radius 2 is 2.14 bits per heavy atom. The molecule has 1 N–H and O–H groups in total. The molecule has 0 aliphatic rings. The smallest absolute Gasteiger partial charge is 0.340 e. The lowest BCUT2D eigenvalue weighted by molar-refractivity contribution is 0.0697. The SMILES string of the molecule is CCc1nn(C)cc1C(=O)N(C)c1snc(C)c1C(=O)O. The van der Waals surface area contributed by atoms with Crippen molar-refractivity contribution in [1.29, 1.82) is 0 Å². The van der Waals surface area contributed by atoms with E-state index in [2.05, 4.69) is 9.47 Å². The number of carboxylic acid groups (broad SMARTS) is 1. The van der Waals surface area contributed by atoms with Gasteiger partial charge in [0.1, 0.15) is 10.6 Å². The number of rotatable bonds is 4. The summed E-state index contributed by atoms with van der Waals surface area (Å²) < 4.78 is 5.61. The molecular formula is C13H16N4O3S. The third kappa shape index (κ3) is 2.66. The molecular weight excluding hydrogens is 292 g/mol. The molecule has 0 saturated carbocycles. The standard InChI is InChI=1S/C13H16N4O3S/c1-5-9-8(6-16(3)14-9)11(18)17(4)12-10(13(19)20)7(2)15-21-12/h6H,5H2,1-4H3,(H,19,20). The molecule has 0 aliphatic heterocycles. The van der Waals surface area contributed by atoms with Crippen molar-refractivity contribution in [2.75, 3.05) is 11.9 Å². The molecule has 2 aromatic heterocycles. The molecule has 0 saturated heterocycles. The molecule has 1 amide bonds. The molecule has 2 heterocycles. The van der Waals surface area contributed by atoms with Crippen LogP contribution in [0.1, 0.15) is 39.0 Å². The Labute approximate surface area is 126 Å². The van der Waals surface area contributed by atoms with Crippen LogP contribution in [0.15, 0.2) is 6.20 Å². The van der Waals surface area contributed by atoms with Crippen molar-refractivity contribution in [3.8, 4) is 0 Å². The molecule has 21 heavy (non-hydrogen) atoms. The predicted molar refractivity (Wildman–Crippen MR) is 79.1 cm³/mol. The van der Waals surface area contributed by atoms with E-state index in [-0.39, 0.29) is 11.5 Å². The van der Waals surface area contributed by atoms with E-state index in [4.69, 9.17) is 0 Å². The highest BCUT2D eigenvalue weighted by Gasteiger charge is 2.26. The summed E-state index contributed by atoms with van der Waals surface area (Å²) in [5.41, 5.74) is 1.64. The van der Waals surface area contributed by atoms with Crippen molar-refractivity contribution >= 4 is 28.4 Å². The summed E-state index contributed by atoms with van der Waals surface area (Å²) in [6.45, 7) is 3.53. The zero-order valence-electron chi connectivity index (χ0n) is 12.2. The quantitative estimate of drug-likeness (QED) is 0.929. The first-order valence-electron chi connectivity index (χ1n) is 6.36. The maximum absolute atomic E-state index is 12.6. The number of carbonyl (C=O) groups is 2. The van der Waals surface area contributed by atoms with Gasteiger partial charge in [-0.3, -0.25) is 9.48 Å². The van der Waals surface area contributed by atoms with Crippen LogP contribution in [0.3, 0.4) is 0 Å². The molecule has 0 unspecified atom stereocenters. The molecule has 8 heteroatoms. The van der Waals surface area contributed by atoms with Gasteiger partial charge in [0.05, 0.1) is 17.0 Å². The summed E-state index contributed by atoms with van der Waals surface area (Å²) in [4.78, 5) is 25.2. The lowest BCUT2D eigenvalue weighted by Gasteiger charge is -2.15. The fraction of sp³-hybridized carbons (Fsp3) is 0.385. The van der Waals surface area contributed by atoms with Crippen molar-refractivity contribution in [3.05, 3.63) is 28.7 Å². The van der Waals surface area contributed by atoms with Crippen LogP contribution < -0.4 is 4.90 Å². The zero-order valence-corrected chi connectivity index (χ0v) is 13.1. The van der Waals surface area contributed by atoms with E-state index in [1.165, 1.54) is 4.90 Å². The van der Waals surface area contributed by atoms with Crippen molar-refractivity contribution < 1.29 is 14.7 Å². The molecule has 2 aromatic rings. The zero-order chi connectivity index (χ0) is 15.7. The molecule has 0 bridgehead atoms. The second-order valence-electron chi connectivity index (χ2n) is 4.63. The number of aromatic carboxylic acids is 1. The molecule has 0 radical (unpaired) electrons. The summed E-state index contributed by atoms with van der Waals surface area (Å²) in [6.07, 6.45) is 2.27. The van der Waals surface area contributed by atoms with E-state index in [0.29, 0.717) is 28.4 Å². The average molecular weight is 308 g/mol. The lowest BCUT2D eigenvalue weighted by atomic mass is 10.2. The van der Waals surface area contributed by atoms with E-state index in [1.54, 1.807) is 31.9 Å². The number of carbonyl (C=O) groups excluding carboxylic acids is 1. The number of anilines is 1. The van der Waals surface area contributed by atoms with E-state index >= 15 is 0 Å². The molecule has 0 spiro atoms. The molecule has 0 fully saturated rings. The van der Waals surface area contributed by atoms with Crippen molar-refractivity contribution in [2.24, 2.45) is 7.05 Å². The molecule has 0 aliphatic carbocycles. The monoisotopic (exact) mass is 308 g/mol. The Morgan fingerprint density at radius 3 is 2.71 bits per heavy atom. The Kier molecular flexibility index (Phi) is 4.08. The Hall–Kier alpha value is -2.22. The van der Waals surface area contributed by atoms with Crippen LogP contribution in [-0.4, -0.2) is 38.2 Å². The normalized spacial score (nSPS) is 10.7. The Balaban J connectivity index is 2.42. The van der Waals surface area contributed by atoms with Crippen LogP contribution in [0.5, 0.6) is 0 Å². The number of amides is 1. The van der Waals surface area contributed by atoms with E-state index < -0.39 is 5.97 Å². The Morgan fingerprint density at radius 1 is 1.48 bits per heavy atom.